The summed E-state index contributed by atoms with van der Waals surface area (Å²) in [5.41, 5.74) is -0.449. The van der Waals surface area contributed by atoms with Crippen molar-refractivity contribution in [3.05, 3.63) is 33.9 Å². The highest BCUT2D eigenvalue weighted by Gasteiger charge is 2.26. The number of para-hydroxylation sites is 1. The minimum Gasteiger partial charge on any atom is -0.487 e. The SMILES string of the molecule is CCOC(=O)c1cccc(OCC)c1[N+](=O)[O-]. The van der Waals surface area contributed by atoms with Crippen molar-refractivity contribution in [1.82, 2.24) is 0 Å². The van der Waals surface area contributed by atoms with Crippen LogP contribution in [-0.4, -0.2) is 24.1 Å². The number of rotatable bonds is 5. The maximum absolute atomic E-state index is 11.5. The minimum absolute atomic E-state index is 0.0723. The van der Waals surface area contributed by atoms with Crippen LogP contribution >= 0.6 is 0 Å². The molecule has 0 heterocycles. The molecule has 0 atom stereocenters. The van der Waals surface area contributed by atoms with Crippen molar-refractivity contribution < 1.29 is 19.2 Å². The maximum atomic E-state index is 11.5. The molecule has 1 rings (SSSR count). The Kier molecular flexibility index (Phi) is 4.45. The molecule has 92 valence electrons. The topological polar surface area (TPSA) is 78.7 Å². The Morgan fingerprint density at radius 2 is 2.06 bits per heavy atom. The van der Waals surface area contributed by atoms with E-state index in [4.69, 9.17) is 9.47 Å². The fourth-order valence-corrected chi connectivity index (χ4v) is 1.36. The summed E-state index contributed by atoms with van der Waals surface area (Å²) in [7, 11) is 0. The number of ether oxygens (including phenoxy) is 2. The van der Waals surface area contributed by atoms with Gasteiger partial charge < -0.3 is 9.47 Å². The summed E-state index contributed by atoms with van der Waals surface area (Å²) in [4.78, 5) is 21.8. The number of nitrogens with zero attached hydrogens (tertiary/aromatic N) is 1. The number of carbonyl (C=O) groups is 1. The van der Waals surface area contributed by atoms with Crippen molar-refractivity contribution in [2.75, 3.05) is 13.2 Å². The van der Waals surface area contributed by atoms with E-state index >= 15 is 0 Å². The van der Waals surface area contributed by atoms with Gasteiger partial charge in [0.25, 0.3) is 0 Å². The first-order valence-electron chi connectivity index (χ1n) is 5.19. The molecule has 0 aliphatic rings. The number of esters is 1. The predicted octanol–water partition coefficient (Wildman–Crippen LogP) is 2.17. The Hall–Kier alpha value is -2.11. The average molecular weight is 239 g/mol. The van der Waals surface area contributed by atoms with Gasteiger partial charge in [-0.3, -0.25) is 10.1 Å². The lowest BCUT2D eigenvalue weighted by Gasteiger charge is -2.07. The third-order valence-electron chi connectivity index (χ3n) is 1.98. The van der Waals surface area contributed by atoms with E-state index in [0.717, 1.165) is 0 Å². The first-order valence-corrected chi connectivity index (χ1v) is 5.19. The molecule has 6 nitrogen and oxygen atoms in total. The first-order chi connectivity index (χ1) is 8.11. The summed E-state index contributed by atoms with van der Waals surface area (Å²) in [6.45, 7) is 3.79. The Bertz CT molecular complexity index is 430. The molecule has 0 aromatic heterocycles. The zero-order valence-corrected chi connectivity index (χ0v) is 9.63. The van der Waals surface area contributed by atoms with Crippen LogP contribution in [-0.2, 0) is 4.74 Å². The standard InChI is InChI=1S/C11H13NO5/c1-3-16-9-7-5-6-8(10(9)12(14)15)11(13)17-4-2/h5-7H,3-4H2,1-2H3. The van der Waals surface area contributed by atoms with Gasteiger partial charge in [0, 0.05) is 0 Å². The molecule has 0 N–H and O–H groups in total. The second-order valence-electron chi connectivity index (χ2n) is 3.06. The number of hydrogen-bond acceptors (Lipinski definition) is 5. The minimum atomic E-state index is -0.722. The van der Waals surface area contributed by atoms with Gasteiger partial charge in [0.2, 0.25) is 0 Å². The van der Waals surface area contributed by atoms with E-state index < -0.39 is 10.9 Å². The summed E-state index contributed by atoms with van der Waals surface area (Å²) in [5.74, 6) is -0.649. The predicted molar refractivity (Wildman–Crippen MR) is 60.2 cm³/mol. The molecule has 0 bridgehead atoms. The molecule has 0 aliphatic heterocycles. The fraction of sp³-hybridized carbons (Fsp3) is 0.364. The second kappa shape index (κ2) is 5.83. The smallest absolute Gasteiger partial charge is 0.345 e. The van der Waals surface area contributed by atoms with E-state index in [1.165, 1.54) is 18.2 Å². The molecule has 0 fully saturated rings. The second-order valence-corrected chi connectivity index (χ2v) is 3.06. The summed E-state index contributed by atoms with van der Waals surface area (Å²) in [6.07, 6.45) is 0. The highest BCUT2D eigenvalue weighted by Crippen LogP contribution is 2.31. The first kappa shape index (κ1) is 13.0. The molecule has 1 aromatic carbocycles. The molecule has 17 heavy (non-hydrogen) atoms. The van der Waals surface area contributed by atoms with Crippen LogP contribution in [0.5, 0.6) is 5.75 Å². The van der Waals surface area contributed by atoms with E-state index in [-0.39, 0.29) is 30.2 Å². The Morgan fingerprint density at radius 1 is 1.35 bits per heavy atom. The molecule has 0 saturated carbocycles. The van der Waals surface area contributed by atoms with E-state index in [0.29, 0.717) is 0 Å². The Morgan fingerprint density at radius 3 is 2.59 bits per heavy atom. The van der Waals surface area contributed by atoms with Crippen molar-refractivity contribution in [3.63, 3.8) is 0 Å². The monoisotopic (exact) mass is 239 g/mol. The van der Waals surface area contributed by atoms with Crippen LogP contribution in [0.3, 0.4) is 0 Å². The van der Waals surface area contributed by atoms with Crippen molar-refractivity contribution in [3.8, 4) is 5.75 Å². The van der Waals surface area contributed by atoms with Crippen molar-refractivity contribution >= 4 is 11.7 Å². The molecular weight excluding hydrogens is 226 g/mol. The molecule has 6 heteroatoms. The lowest BCUT2D eigenvalue weighted by molar-refractivity contribution is -0.386. The van der Waals surface area contributed by atoms with Crippen LogP contribution in [0.1, 0.15) is 24.2 Å². The third-order valence-corrected chi connectivity index (χ3v) is 1.98. The lowest BCUT2D eigenvalue weighted by atomic mass is 10.1. The molecule has 0 spiro atoms. The van der Waals surface area contributed by atoms with Crippen LogP contribution in [0.2, 0.25) is 0 Å². The van der Waals surface area contributed by atoms with Crippen LogP contribution in [0.15, 0.2) is 18.2 Å². The molecule has 0 amide bonds. The number of hydrogen-bond donors (Lipinski definition) is 0. The molecule has 0 saturated heterocycles. The lowest BCUT2D eigenvalue weighted by Crippen LogP contribution is -2.09. The van der Waals surface area contributed by atoms with E-state index in [1.54, 1.807) is 13.8 Å². The largest absolute Gasteiger partial charge is 0.487 e. The maximum Gasteiger partial charge on any atom is 0.345 e. The van der Waals surface area contributed by atoms with Gasteiger partial charge in [0.1, 0.15) is 5.56 Å². The molecular formula is C11H13NO5. The van der Waals surface area contributed by atoms with Crippen LogP contribution < -0.4 is 4.74 Å². The quantitative estimate of drug-likeness (QED) is 0.447. The summed E-state index contributed by atoms with van der Waals surface area (Å²) in [5, 5.41) is 10.9. The van der Waals surface area contributed by atoms with E-state index in [1.807, 2.05) is 0 Å². The third kappa shape index (κ3) is 2.93. The van der Waals surface area contributed by atoms with Gasteiger partial charge in [-0.2, -0.15) is 0 Å². The number of benzene rings is 1. The summed E-state index contributed by atoms with van der Waals surface area (Å²) in [6, 6.07) is 4.31. The molecule has 0 aliphatic carbocycles. The summed E-state index contributed by atoms with van der Waals surface area (Å²) >= 11 is 0. The Balaban J connectivity index is 3.24. The van der Waals surface area contributed by atoms with Gasteiger partial charge >= 0.3 is 11.7 Å². The zero-order valence-electron chi connectivity index (χ0n) is 9.63. The highest BCUT2D eigenvalue weighted by molar-refractivity contribution is 5.95. The Labute approximate surface area is 98.3 Å². The average Bonchev–Trinajstić information content (AvgIpc) is 2.29. The fourth-order valence-electron chi connectivity index (χ4n) is 1.36. The van der Waals surface area contributed by atoms with Crippen LogP contribution in [0.4, 0.5) is 5.69 Å². The van der Waals surface area contributed by atoms with Gasteiger partial charge in [-0.05, 0) is 26.0 Å². The van der Waals surface area contributed by atoms with Crippen molar-refractivity contribution in [2.24, 2.45) is 0 Å². The van der Waals surface area contributed by atoms with Crippen molar-refractivity contribution in [1.29, 1.82) is 0 Å². The van der Waals surface area contributed by atoms with Crippen LogP contribution in [0, 0.1) is 10.1 Å². The van der Waals surface area contributed by atoms with E-state index in [9.17, 15) is 14.9 Å². The number of nitro groups is 1. The zero-order chi connectivity index (χ0) is 12.8. The van der Waals surface area contributed by atoms with E-state index in [2.05, 4.69) is 0 Å². The number of carbonyl (C=O) groups excluding carboxylic acids is 1. The molecule has 1 aromatic rings. The summed E-state index contributed by atoms with van der Waals surface area (Å²) < 4.78 is 9.87. The van der Waals surface area contributed by atoms with Gasteiger partial charge in [0.15, 0.2) is 5.75 Å². The molecule has 0 unspecified atom stereocenters. The van der Waals surface area contributed by atoms with Gasteiger partial charge in [-0.25, -0.2) is 4.79 Å². The highest BCUT2D eigenvalue weighted by atomic mass is 16.6. The van der Waals surface area contributed by atoms with Gasteiger partial charge in [-0.1, -0.05) is 6.07 Å². The molecule has 0 radical (unpaired) electrons. The van der Waals surface area contributed by atoms with Gasteiger partial charge in [0.05, 0.1) is 18.1 Å². The normalized spacial score (nSPS) is 9.76. The van der Waals surface area contributed by atoms with Gasteiger partial charge in [-0.15, -0.1) is 0 Å². The van der Waals surface area contributed by atoms with Crippen molar-refractivity contribution in [2.45, 2.75) is 13.8 Å². The number of nitro benzene ring substituents is 1. The van der Waals surface area contributed by atoms with Crippen LogP contribution in [0.25, 0.3) is 0 Å².